The summed E-state index contributed by atoms with van der Waals surface area (Å²) in [4.78, 5) is 11.6. The maximum Gasteiger partial charge on any atom is 0.224 e. The minimum absolute atomic E-state index is 0.0709. The largest absolute Gasteiger partial charge is 0.353 e. The smallest absolute Gasteiger partial charge is 0.224 e. The number of amides is 1. The summed E-state index contributed by atoms with van der Waals surface area (Å²) < 4.78 is 0. The third kappa shape index (κ3) is 1.78. The Hall–Kier alpha value is -0.570. The van der Waals surface area contributed by atoms with Crippen LogP contribution in [0.3, 0.4) is 0 Å². The van der Waals surface area contributed by atoms with E-state index in [1.165, 1.54) is 12.8 Å². The van der Waals surface area contributed by atoms with Crippen molar-refractivity contribution in [1.29, 1.82) is 0 Å². The Morgan fingerprint density at radius 3 is 2.93 bits per heavy atom. The van der Waals surface area contributed by atoms with E-state index in [0.29, 0.717) is 18.5 Å². The Morgan fingerprint density at radius 2 is 2.21 bits per heavy atom. The molecule has 14 heavy (non-hydrogen) atoms. The fourth-order valence-corrected chi connectivity index (χ4v) is 2.93. The van der Waals surface area contributed by atoms with E-state index in [9.17, 15) is 4.79 Å². The van der Waals surface area contributed by atoms with Crippen LogP contribution in [0.4, 0.5) is 0 Å². The van der Waals surface area contributed by atoms with Gasteiger partial charge in [0.25, 0.3) is 0 Å². The molecule has 1 aliphatic carbocycles. The molecule has 3 heteroatoms. The van der Waals surface area contributed by atoms with E-state index in [1.54, 1.807) is 0 Å². The fraction of sp³-hybridized carbons (Fsp3) is 0.909. The van der Waals surface area contributed by atoms with Gasteiger partial charge in [-0.05, 0) is 37.5 Å². The third-order valence-electron chi connectivity index (χ3n) is 3.81. The molecule has 1 heterocycles. The second-order valence-electron chi connectivity index (χ2n) is 4.96. The molecule has 1 saturated carbocycles. The summed E-state index contributed by atoms with van der Waals surface area (Å²) in [6.07, 6.45) is 4.70. The van der Waals surface area contributed by atoms with Gasteiger partial charge in [-0.25, -0.2) is 0 Å². The van der Waals surface area contributed by atoms with Gasteiger partial charge in [0.15, 0.2) is 0 Å². The Morgan fingerprint density at radius 1 is 1.43 bits per heavy atom. The molecule has 3 nitrogen and oxygen atoms in total. The van der Waals surface area contributed by atoms with Crippen molar-refractivity contribution in [2.24, 2.45) is 23.5 Å². The number of hydrogen-bond donors (Lipinski definition) is 2. The molecule has 0 bridgehead atoms. The fourth-order valence-electron chi connectivity index (χ4n) is 2.93. The maximum absolute atomic E-state index is 11.6. The summed E-state index contributed by atoms with van der Waals surface area (Å²) in [5, 5.41) is 3.12. The lowest BCUT2D eigenvalue weighted by atomic mass is 9.72. The molecule has 0 aromatic carbocycles. The highest BCUT2D eigenvalue weighted by atomic mass is 16.2. The van der Waals surface area contributed by atoms with Crippen LogP contribution in [-0.2, 0) is 4.79 Å². The summed E-state index contributed by atoms with van der Waals surface area (Å²) >= 11 is 0. The van der Waals surface area contributed by atoms with Crippen molar-refractivity contribution < 1.29 is 4.79 Å². The molecule has 1 saturated heterocycles. The van der Waals surface area contributed by atoms with E-state index in [4.69, 9.17) is 5.73 Å². The maximum atomic E-state index is 11.6. The van der Waals surface area contributed by atoms with Gasteiger partial charge in [0.1, 0.15) is 0 Å². The molecular formula is C11H20N2O. The molecule has 1 amide bonds. The Balaban J connectivity index is 2.01. The summed E-state index contributed by atoms with van der Waals surface area (Å²) in [6.45, 7) is 2.81. The molecule has 0 unspecified atom stereocenters. The Kier molecular flexibility index (Phi) is 2.77. The first-order valence-electron chi connectivity index (χ1n) is 5.71. The van der Waals surface area contributed by atoms with Gasteiger partial charge in [0.05, 0.1) is 5.92 Å². The van der Waals surface area contributed by atoms with Gasteiger partial charge in [-0.15, -0.1) is 0 Å². The van der Waals surface area contributed by atoms with Gasteiger partial charge in [0.2, 0.25) is 5.91 Å². The van der Waals surface area contributed by atoms with E-state index < -0.39 is 0 Å². The predicted octanol–water partition coefficient (Wildman–Crippen LogP) is 0.886. The summed E-state index contributed by atoms with van der Waals surface area (Å²) in [7, 11) is 0. The van der Waals surface area contributed by atoms with Crippen molar-refractivity contribution in [2.45, 2.75) is 38.6 Å². The topological polar surface area (TPSA) is 55.1 Å². The van der Waals surface area contributed by atoms with Crippen molar-refractivity contribution in [2.75, 3.05) is 6.54 Å². The molecule has 4 atom stereocenters. The highest BCUT2D eigenvalue weighted by Gasteiger charge is 2.37. The van der Waals surface area contributed by atoms with Crippen LogP contribution in [0.25, 0.3) is 0 Å². The van der Waals surface area contributed by atoms with Crippen molar-refractivity contribution >= 4 is 5.91 Å². The van der Waals surface area contributed by atoms with Crippen LogP contribution in [0, 0.1) is 17.8 Å². The van der Waals surface area contributed by atoms with Crippen LogP contribution in [0.2, 0.25) is 0 Å². The number of carbonyl (C=O) groups excluding carboxylic acids is 1. The molecule has 2 rings (SSSR count). The number of nitrogens with two attached hydrogens (primary N) is 1. The van der Waals surface area contributed by atoms with Crippen LogP contribution in [0.5, 0.6) is 0 Å². The molecular weight excluding hydrogens is 176 g/mol. The number of hydrogen-bond acceptors (Lipinski definition) is 2. The molecule has 2 aliphatic rings. The van der Waals surface area contributed by atoms with Crippen LogP contribution < -0.4 is 11.1 Å². The normalized spacial score (nSPS) is 42.9. The molecule has 0 aromatic rings. The molecule has 2 fully saturated rings. The van der Waals surface area contributed by atoms with Crippen molar-refractivity contribution in [3.63, 3.8) is 0 Å². The highest BCUT2D eigenvalue weighted by molar-refractivity contribution is 5.80. The minimum atomic E-state index is 0.0709. The van der Waals surface area contributed by atoms with Crippen LogP contribution in [0.1, 0.15) is 32.6 Å². The van der Waals surface area contributed by atoms with Crippen LogP contribution >= 0.6 is 0 Å². The van der Waals surface area contributed by atoms with Crippen LogP contribution in [0.15, 0.2) is 0 Å². The van der Waals surface area contributed by atoms with Gasteiger partial charge in [-0.1, -0.05) is 6.92 Å². The quantitative estimate of drug-likeness (QED) is 0.654. The van der Waals surface area contributed by atoms with Crippen molar-refractivity contribution in [1.82, 2.24) is 5.32 Å². The highest BCUT2D eigenvalue weighted by Crippen LogP contribution is 2.35. The molecule has 0 spiro atoms. The van der Waals surface area contributed by atoms with Crippen molar-refractivity contribution in [3.8, 4) is 0 Å². The van der Waals surface area contributed by atoms with Gasteiger partial charge in [-0.3, -0.25) is 4.79 Å². The van der Waals surface area contributed by atoms with Gasteiger partial charge in [-0.2, -0.15) is 0 Å². The molecule has 80 valence electrons. The lowest BCUT2D eigenvalue weighted by Crippen LogP contribution is -2.53. The average Bonchev–Trinajstić information content (AvgIpc) is 2.17. The van der Waals surface area contributed by atoms with E-state index >= 15 is 0 Å². The van der Waals surface area contributed by atoms with Gasteiger partial charge >= 0.3 is 0 Å². The Labute approximate surface area is 85.4 Å². The number of carbonyl (C=O) groups is 1. The Bertz CT molecular complexity index is 229. The van der Waals surface area contributed by atoms with Gasteiger partial charge in [0, 0.05) is 12.6 Å². The first kappa shape index (κ1) is 9.97. The lowest BCUT2D eigenvalue weighted by molar-refractivity contribution is -0.129. The molecule has 0 aromatic heterocycles. The number of rotatable bonds is 1. The monoisotopic (exact) mass is 196 g/mol. The minimum Gasteiger partial charge on any atom is -0.353 e. The first-order chi connectivity index (χ1) is 6.70. The first-order valence-corrected chi connectivity index (χ1v) is 5.71. The number of piperidine rings is 1. The summed E-state index contributed by atoms with van der Waals surface area (Å²) in [5.41, 5.74) is 5.59. The zero-order valence-corrected chi connectivity index (χ0v) is 8.83. The molecule has 3 N–H and O–H groups in total. The predicted molar refractivity (Wildman–Crippen MR) is 55.6 cm³/mol. The second kappa shape index (κ2) is 3.89. The summed E-state index contributed by atoms with van der Waals surface area (Å²) in [6, 6.07) is 0.446. The van der Waals surface area contributed by atoms with E-state index in [1.807, 2.05) is 0 Å². The van der Waals surface area contributed by atoms with Crippen molar-refractivity contribution in [3.05, 3.63) is 0 Å². The van der Waals surface area contributed by atoms with E-state index in [2.05, 4.69) is 12.2 Å². The lowest BCUT2D eigenvalue weighted by Gasteiger charge is -2.41. The van der Waals surface area contributed by atoms with Crippen LogP contribution in [-0.4, -0.2) is 18.5 Å². The zero-order valence-electron chi connectivity index (χ0n) is 8.83. The molecule has 0 radical (unpaired) electrons. The third-order valence-corrected chi connectivity index (χ3v) is 3.81. The standard InChI is InChI=1S/C11H20N2O/c1-7-2-3-10-8(4-7)5-9(6-12)11(14)13-10/h7-10H,2-6,12H2,1H3,(H,13,14)/t7-,8+,9-,10+/m1/s1. The van der Waals surface area contributed by atoms with E-state index in [0.717, 1.165) is 18.8 Å². The number of nitrogens with one attached hydrogen (secondary N) is 1. The van der Waals surface area contributed by atoms with E-state index in [-0.39, 0.29) is 11.8 Å². The summed E-state index contributed by atoms with van der Waals surface area (Å²) in [5.74, 6) is 1.76. The SMILES string of the molecule is C[C@@H]1CC[C@@H]2NC(=O)[C@@H](CN)C[C@@H]2C1. The van der Waals surface area contributed by atoms with Gasteiger partial charge < -0.3 is 11.1 Å². The number of fused-ring (bicyclic) bond motifs is 1. The zero-order chi connectivity index (χ0) is 10.1. The average molecular weight is 196 g/mol. The molecule has 1 aliphatic heterocycles. The second-order valence-corrected chi connectivity index (χ2v) is 4.96.